The summed E-state index contributed by atoms with van der Waals surface area (Å²) >= 11 is 0. The van der Waals surface area contributed by atoms with Crippen molar-refractivity contribution in [1.29, 1.82) is 0 Å². The third-order valence-corrected chi connectivity index (χ3v) is 2.04. The molecule has 1 amide bonds. The average Bonchev–Trinajstić information content (AvgIpc) is 2.15. The van der Waals surface area contributed by atoms with Crippen LogP contribution in [0.15, 0.2) is 24.3 Å². The first kappa shape index (κ1) is 10.4. The molecule has 3 nitrogen and oxygen atoms in total. The second kappa shape index (κ2) is 4.56. The maximum absolute atomic E-state index is 11.3. The summed E-state index contributed by atoms with van der Waals surface area (Å²) in [5.74, 6) is -0.119. The maximum atomic E-state index is 11.3. The van der Waals surface area contributed by atoms with Crippen molar-refractivity contribution < 1.29 is 9.59 Å². The number of carbonyl (C=O) groups excluding carboxylic acids is 2. The van der Waals surface area contributed by atoms with Gasteiger partial charge in [0, 0.05) is 12.6 Å². The van der Waals surface area contributed by atoms with E-state index in [-0.39, 0.29) is 12.5 Å². The van der Waals surface area contributed by atoms with Crippen LogP contribution in [0.2, 0.25) is 0 Å². The summed E-state index contributed by atoms with van der Waals surface area (Å²) in [7, 11) is 0. The molecule has 0 bridgehead atoms. The van der Waals surface area contributed by atoms with Crippen molar-refractivity contribution >= 4 is 17.9 Å². The fourth-order valence-electron chi connectivity index (χ4n) is 1.34. The van der Waals surface area contributed by atoms with E-state index < -0.39 is 0 Å². The van der Waals surface area contributed by atoms with Gasteiger partial charge in [0.25, 0.3) is 0 Å². The zero-order valence-electron chi connectivity index (χ0n) is 8.36. The summed E-state index contributed by atoms with van der Waals surface area (Å²) in [5, 5.41) is 0. The summed E-state index contributed by atoms with van der Waals surface area (Å²) in [5.41, 5.74) is 1.79. The van der Waals surface area contributed by atoms with Gasteiger partial charge in [-0.3, -0.25) is 4.79 Å². The van der Waals surface area contributed by atoms with Crippen molar-refractivity contribution in [3.63, 3.8) is 0 Å². The third kappa shape index (κ3) is 2.19. The average molecular weight is 191 g/mol. The third-order valence-electron chi connectivity index (χ3n) is 2.04. The number of rotatable bonds is 3. The number of anilines is 1. The highest BCUT2D eigenvalue weighted by atomic mass is 16.2. The number of aryl methyl sites for hydroxylation is 1. The van der Waals surface area contributed by atoms with Gasteiger partial charge >= 0.3 is 0 Å². The van der Waals surface area contributed by atoms with Crippen LogP contribution in [-0.2, 0) is 9.59 Å². The summed E-state index contributed by atoms with van der Waals surface area (Å²) in [6.45, 7) is 3.48. The quantitative estimate of drug-likeness (QED) is 0.680. The smallest absolute Gasteiger partial charge is 0.224 e. The molecule has 14 heavy (non-hydrogen) atoms. The predicted octanol–water partition coefficient (Wildman–Crippen LogP) is 1.55. The minimum Gasteiger partial charge on any atom is -0.305 e. The van der Waals surface area contributed by atoms with Crippen molar-refractivity contribution in [2.75, 3.05) is 11.4 Å². The van der Waals surface area contributed by atoms with Crippen LogP contribution in [0, 0.1) is 6.92 Å². The molecule has 1 aromatic carbocycles. The first-order chi connectivity index (χ1) is 6.66. The molecule has 3 heteroatoms. The van der Waals surface area contributed by atoms with Gasteiger partial charge in [0.2, 0.25) is 5.91 Å². The number of carbonyl (C=O) groups is 2. The molecule has 0 heterocycles. The highest BCUT2D eigenvalue weighted by Crippen LogP contribution is 2.18. The van der Waals surface area contributed by atoms with Crippen molar-refractivity contribution in [1.82, 2.24) is 0 Å². The Morgan fingerprint density at radius 2 is 2.07 bits per heavy atom. The first-order valence-corrected chi connectivity index (χ1v) is 4.44. The summed E-state index contributed by atoms with van der Waals surface area (Å²) in [4.78, 5) is 23.1. The molecule has 0 radical (unpaired) electrons. The van der Waals surface area contributed by atoms with Gasteiger partial charge in [0.1, 0.15) is 6.29 Å². The fourth-order valence-corrected chi connectivity index (χ4v) is 1.34. The van der Waals surface area contributed by atoms with E-state index in [9.17, 15) is 9.59 Å². The number of amides is 1. The Morgan fingerprint density at radius 1 is 1.43 bits per heavy atom. The molecule has 0 aliphatic carbocycles. The van der Waals surface area contributed by atoms with E-state index in [1.807, 2.05) is 31.2 Å². The van der Waals surface area contributed by atoms with E-state index in [1.165, 1.54) is 11.8 Å². The molecule has 0 aliphatic rings. The zero-order valence-corrected chi connectivity index (χ0v) is 8.36. The van der Waals surface area contributed by atoms with Crippen molar-refractivity contribution in [3.05, 3.63) is 29.8 Å². The van der Waals surface area contributed by atoms with Crippen molar-refractivity contribution in [2.24, 2.45) is 0 Å². The molecule has 0 aromatic heterocycles. The minimum atomic E-state index is -0.119. The normalized spacial score (nSPS) is 9.57. The lowest BCUT2D eigenvalue weighted by atomic mass is 10.2. The monoisotopic (exact) mass is 191 g/mol. The Kier molecular flexibility index (Phi) is 3.40. The zero-order chi connectivity index (χ0) is 10.6. The van der Waals surface area contributed by atoms with Crippen LogP contribution in [-0.4, -0.2) is 18.7 Å². The van der Waals surface area contributed by atoms with Gasteiger partial charge in [-0.2, -0.15) is 0 Å². The van der Waals surface area contributed by atoms with Gasteiger partial charge in [0.05, 0.1) is 6.54 Å². The van der Waals surface area contributed by atoms with Crippen LogP contribution in [0.4, 0.5) is 5.69 Å². The molecular weight excluding hydrogens is 178 g/mol. The molecule has 0 saturated carbocycles. The Labute approximate surface area is 83.3 Å². The van der Waals surface area contributed by atoms with E-state index in [0.717, 1.165) is 17.5 Å². The van der Waals surface area contributed by atoms with Crippen LogP contribution in [0.5, 0.6) is 0 Å². The number of hydrogen-bond donors (Lipinski definition) is 0. The van der Waals surface area contributed by atoms with E-state index >= 15 is 0 Å². The van der Waals surface area contributed by atoms with Gasteiger partial charge in [-0.05, 0) is 18.6 Å². The predicted molar refractivity (Wildman–Crippen MR) is 55.3 cm³/mol. The Morgan fingerprint density at radius 3 is 2.57 bits per heavy atom. The van der Waals surface area contributed by atoms with E-state index in [4.69, 9.17) is 0 Å². The first-order valence-electron chi connectivity index (χ1n) is 4.44. The topological polar surface area (TPSA) is 37.4 Å². The Bertz CT molecular complexity index is 347. The van der Waals surface area contributed by atoms with Gasteiger partial charge in [-0.15, -0.1) is 0 Å². The van der Waals surface area contributed by atoms with Crippen LogP contribution >= 0.6 is 0 Å². The standard InChI is InChI=1S/C11H13NO2/c1-9-5-3-4-6-11(9)12(7-8-13)10(2)14/h3-6,8H,7H2,1-2H3. The van der Waals surface area contributed by atoms with E-state index in [1.54, 1.807) is 0 Å². The SMILES string of the molecule is CC(=O)N(CC=O)c1ccccc1C. The lowest BCUT2D eigenvalue weighted by Gasteiger charge is -2.20. The summed E-state index contributed by atoms with van der Waals surface area (Å²) in [6, 6.07) is 7.50. The minimum absolute atomic E-state index is 0.111. The van der Waals surface area contributed by atoms with Crippen LogP contribution in [0.1, 0.15) is 12.5 Å². The second-order valence-electron chi connectivity index (χ2n) is 3.08. The number of benzene rings is 1. The molecule has 0 spiro atoms. The van der Waals surface area contributed by atoms with Crippen LogP contribution < -0.4 is 4.90 Å². The molecule has 0 aliphatic heterocycles. The van der Waals surface area contributed by atoms with Crippen molar-refractivity contribution in [2.45, 2.75) is 13.8 Å². The van der Waals surface area contributed by atoms with E-state index in [0.29, 0.717) is 0 Å². The molecule has 74 valence electrons. The van der Waals surface area contributed by atoms with Crippen LogP contribution in [0.25, 0.3) is 0 Å². The molecule has 0 fully saturated rings. The summed E-state index contributed by atoms with van der Waals surface area (Å²) in [6.07, 6.45) is 0.730. The molecule has 0 unspecified atom stereocenters. The number of aldehydes is 1. The molecule has 1 aromatic rings. The molecular formula is C11H13NO2. The number of nitrogens with zero attached hydrogens (tertiary/aromatic N) is 1. The summed E-state index contributed by atoms with van der Waals surface area (Å²) < 4.78 is 0. The van der Waals surface area contributed by atoms with Gasteiger partial charge < -0.3 is 9.69 Å². The lowest BCUT2D eigenvalue weighted by Crippen LogP contribution is -2.30. The van der Waals surface area contributed by atoms with Gasteiger partial charge in [-0.25, -0.2) is 0 Å². The number of para-hydroxylation sites is 1. The maximum Gasteiger partial charge on any atom is 0.224 e. The van der Waals surface area contributed by atoms with Crippen molar-refractivity contribution in [3.8, 4) is 0 Å². The van der Waals surface area contributed by atoms with E-state index in [2.05, 4.69) is 0 Å². The van der Waals surface area contributed by atoms with Crippen LogP contribution in [0.3, 0.4) is 0 Å². The Hall–Kier alpha value is -1.64. The van der Waals surface area contributed by atoms with Gasteiger partial charge in [0.15, 0.2) is 0 Å². The second-order valence-corrected chi connectivity index (χ2v) is 3.08. The largest absolute Gasteiger partial charge is 0.305 e. The Balaban J connectivity index is 3.04. The van der Waals surface area contributed by atoms with Gasteiger partial charge in [-0.1, -0.05) is 18.2 Å². The molecule has 1 rings (SSSR count). The molecule has 0 N–H and O–H groups in total. The lowest BCUT2D eigenvalue weighted by molar-refractivity contribution is -0.118. The highest BCUT2D eigenvalue weighted by Gasteiger charge is 2.11. The molecule has 0 saturated heterocycles. The fraction of sp³-hybridized carbons (Fsp3) is 0.273. The molecule has 0 atom stereocenters. The highest BCUT2D eigenvalue weighted by molar-refractivity contribution is 5.94. The number of hydrogen-bond acceptors (Lipinski definition) is 2.